The van der Waals surface area contributed by atoms with E-state index in [4.69, 9.17) is 28.4 Å². The Kier molecular flexibility index (Phi) is 36.2. The fourth-order valence-electron chi connectivity index (χ4n) is 9.34. The van der Waals surface area contributed by atoms with Gasteiger partial charge in [-0.05, 0) is 64.2 Å². The summed E-state index contributed by atoms with van der Waals surface area (Å²) in [5, 5.41) is 120. The Labute approximate surface area is 452 Å². The number of amides is 1. The van der Waals surface area contributed by atoms with E-state index in [1.807, 2.05) is 6.08 Å². The predicted molar refractivity (Wildman–Crippen MR) is 286 cm³/mol. The van der Waals surface area contributed by atoms with E-state index in [9.17, 15) is 61.0 Å². The molecular weight excluding hydrogens is 987 g/mol. The molecule has 0 saturated carbocycles. The first-order valence-corrected chi connectivity index (χ1v) is 28.5. The molecule has 17 atom stereocenters. The van der Waals surface area contributed by atoms with E-state index in [2.05, 4.69) is 67.8 Å². The molecule has 3 fully saturated rings. The summed E-state index contributed by atoms with van der Waals surface area (Å²) >= 11 is 0. The Morgan fingerprint density at radius 2 is 0.921 bits per heavy atom. The van der Waals surface area contributed by atoms with E-state index in [-0.39, 0.29) is 18.9 Å². The summed E-state index contributed by atoms with van der Waals surface area (Å²) in [4.78, 5) is 13.3. The quantitative estimate of drug-likeness (QED) is 0.0304. The lowest BCUT2D eigenvalue weighted by atomic mass is 9.96. The summed E-state index contributed by atoms with van der Waals surface area (Å²) in [5.41, 5.74) is 0. The first-order valence-electron chi connectivity index (χ1n) is 28.5. The number of hydrogen-bond acceptors (Lipinski definition) is 18. The molecular formula is C57H99NO18. The number of nitrogens with one attached hydrogen (secondary N) is 1. The molecule has 3 heterocycles. The Bertz CT molecular complexity index is 1630. The van der Waals surface area contributed by atoms with Gasteiger partial charge in [0, 0.05) is 6.42 Å². The standard InChI is InChI=1S/C57H99NO18/c1-3-5-7-9-11-13-15-17-19-21-22-24-26-28-30-32-34-41(62)40(58-45(63)35-33-31-29-27-25-23-20-18-16-14-12-10-8-6-4-2)39-71-55-51(69)48(66)53(43(37-60)73-55)76-57-52(70)49(67)54(44(38-61)74-57)75-56-50(68)47(65)46(64)42(36-59)72-56/h6,8,12,14,18,20,24,26,32,34,40-44,46-57,59-62,64-70H,3-5,7,9-11,13,15-17,19,21-23,25,27-31,33,35-39H2,1-2H3,(H,58,63)/b8-6-,14-12-,20-18-,26-24+,34-32+. The lowest BCUT2D eigenvalue weighted by molar-refractivity contribution is -0.379. The Hall–Kier alpha value is -2.51. The van der Waals surface area contributed by atoms with Crippen LogP contribution in [0.25, 0.3) is 0 Å². The molecule has 0 bridgehead atoms. The molecule has 440 valence electrons. The number of rotatable bonds is 40. The molecule has 19 heteroatoms. The Balaban J connectivity index is 1.55. The molecule has 76 heavy (non-hydrogen) atoms. The number of unbranched alkanes of at least 4 members (excludes halogenated alkanes) is 16. The van der Waals surface area contributed by atoms with E-state index in [1.54, 1.807) is 6.08 Å². The van der Waals surface area contributed by atoms with Crippen LogP contribution in [-0.2, 0) is 33.2 Å². The second-order valence-electron chi connectivity index (χ2n) is 20.4. The largest absolute Gasteiger partial charge is 0.394 e. The van der Waals surface area contributed by atoms with Gasteiger partial charge in [0.2, 0.25) is 5.91 Å². The zero-order valence-corrected chi connectivity index (χ0v) is 45.5. The molecule has 0 radical (unpaired) electrons. The van der Waals surface area contributed by atoms with Crippen molar-refractivity contribution < 1.29 is 89.4 Å². The van der Waals surface area contributed by atoms with Gasteiger partial charge in [-0.25, -0.2) is 0 Å². The molecule has 0 aromatic carbocycles. The smallest absolute Gasteiger partial charge is 0.220 e. The maximum Gasteiger partial charge on any atom is 0.220 e. The van der Waals surface area contributed by atoms with Crippen molar-refractivity contribution in [3.63, 3.8) is 0 Å². The number of allylic oxidation sites excluding steroid dienone is 9. The minimum absolute atomic E-state index is 0.213. The highest BCUT2D eigenvalue weighted by atomic mass is 16.8. The number of hydrogen-bond donors (Lipinski definition) is 12. The third-order valence-electron chi connectivity index (χ3n) is 14.0. The van der Waals surface area contributed by atoms with Crippen LogP contribution in [0.3, 0.4) is 0 Å². The minimum atomic E-state index is -1.98. The molecule has 3 aliphatic rings. The van der Waals surface area contributed by atoms with Gasteiger partial charge in [0.05, 0.1) is 38.6 Å². The van der Waals surface area contributed by atoms with Crippen LogP contribution in [0.15, 0.2) is 60.8 Å². The molecule has 3 rings (SSSR count). The van der Waals surface area contributed by atoms with E-state index in [0.29, 0.717) is 12.8 Å². The van der Waals surface area contributed by atoms with E-state index in [0.717, 1.165) is 70.6 Å². The number of carbonyl (C=O) groups is 1. The maximum atomic E-state index is 13.3. The number of aliphatic hydroxyl groups excluding tert-OH is 11. The molecule has 0 spiro atoms. The highest BCUT2D eigenvalue weighted by molar-refractivity contribution is 5.76. The lowest BCUT2D eigenvalue weighted by Crippen LogP contribution is -2.66. The lowest BCUT2D eigenvalue weighted by Gasteiger charge is -2.48. The highest BCUT2D eigenvalue weighted by Crippen LogP contribution is 2.33. The molecule has 0 aromatic heterocycles. The molecule has 3 aliphatic heterocycles. The summed E-state index contributed by atoms with van der Waals surface area (Å²) in [6, 6.07) is -1.000. The summed E-state index contributed by atoms with van der Waals surface area (Å²) in [7, 11) is 0. The molecule has 17 unspecified atom stereocenters. The van der Waals surface area contributed by atoms with Gasteiger partial charge in [-0.15, -0.1) is 0 Å². The average Bonchev–Trinajstić information content (AvgIpc) is 3.41. The Morgan fingerprint density at radius 3 is 1.47 bits per heavy atom. The van der Waals surface area contributed by atoms with Gasteiger partial charge in [0.15, 0.2) is 18.9 Å². The van der Waals surface area contributed by atoms with Crippen molar-refractivity contribution in [3.8, 4) is 0 Å². The van der Waals surface area contributed by atoms with Crippen molar-refractivity contribution in [2.45, 2.75) is 266 Å². The van der Waals surface area contributed by atoms with Gasteiger partial charge in [-0.2, -0.15) is 0 Å². The van der Waals surface area contributed by atoms with Gasteiger partial charge >= 0.3 is 0 Å². The molecule has 3 saturated heterocycles. The van der Waals surface area contributed by atoms with Crippen molar-refractivity contribution in [2.75, 3.05) is 26.4 Å². The first kappa shape index (κ1) is 67.8. The van der Waals surface area contributed by atoms with Crippen molar-refractivity contribution >= 4 is 5.91 Å². The zero-order valence-electron chi connectivity index (χ0n) is 45.5. The molecule has 0 aromatic rings. The monoisotopic (exact) mass is 1090 g/mol. The molecule has 1 amide bonds. The van der Waals surface area contributed by atoms with Crippen molar-refractivity contribution in [1.82, 2.24) is 5.32 Å². The number of ether oxygens (including phenoxy) is 6. The average molecular weight is 1090 g/mol. The van der Waals surface area contributed by atoms with Crippen LogP contribution in [0.1, 0.15) is 162 Å². The van der Waals surface area contributed by atoms with Crippen molar-refractivity contribution in [1.29, 1.82) is 0 Å². The third-order valence-corrected chi connectivity index (χ3v) is 14.0. The van der Waals surface area contributed by atoms with Crippen molar-refractivity contribution in [3.05, 3.63) is 60.8 Å². The third kappa shape index (κ3) is 24.9. The fraction of sp³-hybridized carbons (Fsp3) is 0.807. The van der Waals surface area contributed by atoms with E-state index in [1.165, 1.54) is 57.8 Å². The van der Waals surface area contributed by atoms with Crippen LogP contribution in [0, 0.1) is 0 Å². The topological polar surface area (TPSA) is 307 Å². The fourth-order valence-corrected chi connectivity index (χ4v) is 9.34. The van der Waals surface area contributed by atoms with Gasteiger partial charge in [-0.1, -0.05) is 152 Å². The zero-order chi connectivity index (χ0) is 55.5. The van der Waals surface area contributed by atoms with Crippen LogP contribution in [0.5, 0.6) is 0 Å². The van der Waals surface area contributed by atoms with Crippen LogP contribution < -0.4 is 5.32 Å². The number of aliphatic hydroxyl groups is 11. The van der Waals surface area contributed by atoms with Crippen LogP contribution in [0.4, 0.5) is 0 Å². The summed E-state index contributed by atoms with van der Waals surface area (Å²) in [6.07, 6.45) is 17.8. The van der Waals surface area contributed by atoms with Crippen LogP contribution >= 0.6 is 0 Å². The van der Waals surface area contributed by atoms with Crippen LogP contribution in [-0.4, -0.2) is 193 Å². The summed E-state index contributed by atoms with van der Waals surface area (Å²) in [6.45, 7) is 1.54. The molecule has 0 aliphatic carbocycles. The second kappa shape index (κ2) is 40.6. The predicted octanol–water partition coefficient (Wildman–Crippen LogP) is 4.09. The molecule has 19 nitrogen and oxygen atoms in total. The highest BCUT2D eigenvalue weighted by Gasteiger charge is 2.53. The molecule has 12 N–H and O–H groups in total. The van der Waals surface area contributed by atoms with Gasteiger partial charge in [0.1, 0.15) is 73.2 Å². The number of carbonyl (C=O) groups excluding carboxylic acids is 1. The van der Waals surface area contributed by atoms with Gasteiger partial charge in [-0.3, -0.25) is 4.79 Å². The normalized spacial score (nSPS) is 31.4. The van der Waals surface area contributed by atoms with E-state index < -0.39 is 124 Å². The van der Waals surface area contributed by atoms with Crippen LogP contribution in [0.2, 0.25) is 0 Å². The minimum Gasteiger partial charge on any atom is -0.394 e. The first-order chi connectivity index (χ1) is 36.8. The Morgan fingerprint density at radius 1 is 0.487 bits per heavy atom. The second-order valence-corrected chi connectivity index (χ2v) is 20.4. The van der Waals surface area contributed by atoms with Gasteiger partial charge < -0.3 is 89.9 Å². The summed E-state index contributed by atoms with van der Waals surface area (Å²) < 4.78 is 34.2. The maximum absolute atomic E-state index is 13.3. The van der Waals surface area contributed by atoms with Gasteiger partial charge in [0.25, 0.3) is 0 Å². The SMILES string of the molecule is CC/C=C\C/C=C\C/C=C\CCCCCCCC(=O)NC(COC1OC(CO)C(OC2OC(CO)C(OC3OC(CO)C(O)C(O)C3O)C(O)C2O)C(O)C1O)C(O)/C=C/CC/C=C/CCCCCCCCCCCC. The van der Waals surface area contributed by atoms with Crippen molar-refractivity contribution in [2.24, 2.45) is 0 Å². The summed E-state index contributed by atoms with van der Waals surface area (Å²) in [5.74, 6) is -0.306. The van der Waals surface area contributed by atoms with E-state index >= 15 is 0 Å².